The Balaban J connectivity index is 1.45. The number of carbonyl (C=O) groups is 1. The number of fused-ring (bicyclic) bond motifs is 1. The molecule has 3 fully saturated rings. The molecule has 22 heavy (non-hydrogen) atoms. The molecule has 1 aliphatic carbocycles. The van der Waals surface area contributed by atoms with Gasteiger partial charge >= 0.3 is 0 Å². The van der Waals surface area contributed by atoms with E-state index in [1.807, 2.05) is 4.90 Å². The molecule has 0 aromatic heterocycles. The second-order valence-electron chi connectivity index (χ2n) is 7.11. The Labute approximate surface area is 132 Å². The van der Waals surface area contributed by atoms with Gasteiger partial charge in [-0.05, 0) is 31.9 Å². The van der Waals surface area contributed by atoms with Crippen LogP contribution in [0, 0.1) is 12.8 Å². The molecule has 1 amide bonds. The maximum atomic E-state index is 12.4. The van der Waals surface area contributed by atoms with Gasteiger partial charge in [0.15, 0.2) is 0 Å². The summed E-state index contributed by atoms with van der Waals surface area (Å²) in [7, 11) is 0. The minimum absolute atomic E-state index is 0.257. The monoisotopic (exact) mass is 299 g/mol. The molecule has 4 nitrogen and oxygen atoms in total. The number of anilines is 1. The van der Waals surface area contributed by atoms with Gasteiger partial charge in [-0.2, -0.15) is 0 Å². The zero-order valence-corrected chi connectivity index (χ0v) is 13.2. The summed E-state index contributed by atoms with van der Waals surface area (Å²) in [6.45, 7) is 2.90. The van der Waals surface area contributed by atoms with Gasteiger partial charge in [0.05, 0.1) is 6.17 Å². The summed E-state index contributed by atoms with van der Waals surface area (Å²) in [4.78, 5) is 14.4. The number of nitrogens with zero attached hydrogens (tertiary/aromatic N) is 1. The van der Waals surface area contributed by atoms with Crippen molar-refractivity contribution in [3.8, 4) is 0 Å². The van der Waals surface area contributed by atoms with Crippen LogP contribution in [-0.2, 0) is 4.79 Å². The van der Waals surface area contributed by atoms with Crippen LogP contribution in [0.2, 0.25) is 0 Å². The standard InChI is InChI=1S/C18H25N3O/c1-12-6-8-14(9-7-12)21-11-13(10-17(21)22)18-19-15-4-2-3-5-16(15)20-18/h6-9,13,15-16,18-20H,2-5,10-11H2,1H3. The number of hydrogen-bond donors (Lipinski definition) is 2. The van der Waals surface area contributed by atoms with Crippen molar-refractivity contribution >= 4 is 11.6 Å². The topological polar surface area (TPSA) is 44.4 Å². The van der Waals surface area contributed by atoms with Crippen LogP contribution in [0.15, 0.2) is 24.3 Å². The first-order chi connectivity index (χ1) is 10.7. The van der Waals surface area contributed by atoms with Crippen LogP contribution in [0.5, 0.6) is 0 Å². The van der Waals surface area contributed by atoms with Gasteiger partial charge in [0.2, 0.25) is 5.91 Å². The van der Waals surface area contributed by atoms with Gasteiger partial charge in [0.25, 0.3) is 0 Å². The highest BCUT2D eigenvalue weighted by Gasteiger charge is 2.42. The minimum Gasteiger partial charge on any atom is -0.312 e. The SMILES string of the molecule is Cc1ccc(N2CC(C3NC4CCCCC4N3)CC2=O)cc1. The van der Waals surface area contributed by atoms with E-state index in [9.17, 15) is 4.79 Å². The van der Waals surface area contributed by atoms with Gasteiger partial charge in [-0.25, -0.2) is 0 Å². The van der Waals surface area contributed by atoms with E-state index < -0.39 is 0 Å². The quantitative estimate of drug-likeness (QED) is 0.880. The van der Waals surface area contributed by atoms with E-state index in [1.54, 1.807) is 0 Å². The highest BCUT2D eigenvalue weighted by molar-refractivity contribution is 5.95. The van der Waals surface area contributed by atoms with Gasteiger partial charge in [-0.1, -0.05) is 30.5 Å². The minimum atomic E-state index is 0.257. The first-order valence-corrected chi connectivity index (χ1v) is 8.60. The van der Waals surface area contributed by atoms with Crippen molar-refractivity contribution in [1.82, 2.24) is 10.6 Å². The number of hydrogen-bond acceptors (Lipinski definition) is 3. The Bertz CT molecular complexity index is 542. The van der Waals surface area contributed by atoms with Crippen molar-refractivity contribution in [2.45, 2.75) is 57.3 Å². The number of carbonyl (C=O) groups excluding carboxylic acids is 1. The van der Waals surface area contributed by atoms with E-state index >= 15 is 0 Å². The van der Waals surface area contributed by atoms with Crippen LogP contribution in [0.1, 0.15) is 37.7 Å². The maximum Gasteiger partial charge on any atom is 0.227 e. The van der Waals surface area contributed by atoms with Gasteiger partial charge < -0.3 is 4.90 Å². The summed E-state index contributed by atoms with van der Waals surface area (Å²) in [6, 6.07) is 9.51. The Morgan fingerprint density at radius 3 is 2.32 bits per heavy atom. The first-order valence-electron chi connectivity index (χ1n) is 8.60. The molecule has 1 saturated carbocycles. The van der Waals surface area contributed by atoms with Gasteiger partial charge in [-0.3, -0.25) is 15.4 Å². The van der Waals surface area contributed by atoms with Crippen LogP contribution in [-0.4, -0.2) is 30.7 Å². The van der Waals surface area contributed by atoms with Gasteiger partial charge in [-0.15, -0.1) is 0 Å². The third-order valence-corrected chi connectivity index (χ3v) is 5.53. The maximum absolute atomic E-state index is 12.4. The van der Waals surface area contributed by atoms with Crippen molar-refractivity contribution in [2.24, 2.45) is 5.92 Å². The van der Waals surface area contributed by atoms with Crippen LogP contribution >= 0.6 is 0 Å². The van der Waals surface area contributed by atoms with E-state index in [2.05, 4.69) is 41.8 Å². The molecule has 1 aromatic carbocycles. The smallest absolute Gasteiger partial charge is 0.227 e. The number of rotatable bonds is 2. The fraction of sp³-hybridized carbons (Fsp3) is 0.611. The summed E-state index contributed by atoms with van der Waals surface area (Å²) in [5, 5.41) is 7.49. The average Bonchev–Trinajstić information content (AvgIpc) is 3.11. The van der Waals surface area contributed by atoms with Crippen LogP contribution < -0.4 is 15.5 Å². The molecule has 3 atom stereocenters. The molecule has 0 bridgehead atoms. The summed E-state index contributed by atoms with van der Waals surface area (Å²) < 4.78 is 0. The van der Waals surface area contributed by atoms with Crippen molar-refractivity contribution in [3.63, 3.8) is 0 Å². The molecule has 3 aliphatic rings. The summed E-state index contributed by atoms with van der Waals surface area (Å²) in [6.07, 6.45) is 6.17. The Morgan fingerprint density at radius 1 is 1.05 bits per heavy atom. The van der Waals surface area contributed by atoms with E-state index in [4.69, 9.17) is 0 Å². The summed E-state index contributed by atoms with van der Waals surface area (Å²) in [5.74, 6) is 0.631. The highest BCUT2D eigenvalue weighted by atomic mass is 16.2. The lowest BCUT2D eigenvalue weighted by Crippen LogP contribution is -2.41. The molecule has 0 spiro atoms. The molecule has 1 aromatic rings. The van der Waals surface area contributed by atoms with Crippen molar-refractivity contribution in [3.05, 3.63) is 29.8 Å². The Morgan fingerprint density at radius 2 is 1.68 bits per heavy atom. The van der Waals surface area contributed by atoms with Crippen LogP contribution in [0.25, 0.3) is 0 Å². The number of benzene rings is 1. The molecular weight excluding hydrogens is 274 g/mol. The highest BCUT2D eigenvalue weighted by Crippen LogP contribution is 2.31. The molecule has 2 aliphatic heterocycles. The van der Waals surface area contributed by atoms with Gasteiger partial charge in [0, 0.05) is 36.7 Å². The zero-order chi connectivity index (χ0) is 15.1. The number of aryl methyl sites for hydroxylation is 1. The van der Waals surface area contributed by atoms with E-state index in [0.717, 1.165) is 12.2 Å². The van der Waals surface area contributed by atoms with Crippen LogP contribution in [0.4, 0.5) is 5.69 Å². The van der Waals surface area contributed by atoms with E-state index in [0.29, 0.717) is 30.6 Å². The molecule has 4 heteroatoms. The molecule has 2 saturated heterocycles. The van der Waals surface area contributed by atoms with Gasteiger partial charge in [0.1, 0.15) is 0 Å². The third kappa shape index (κ3) is 2.55. The summed E-state index contributed by atoms with van der Waals surface area (Å²) in [5.41, 5.74) is 2.27. The Kier molecular flexibility index (Phi) is 3.66. The summed E-state index contributed by atoms with van der Waals surface area (Å²) >= 11 is 0. The second kappa shape index (κ2) is 5.67. The lowest BCUT2D eigenvalue weighted by molar-refractivity contribution is -0.117. The van der Waals surface area contributed by atoms with Crippen molar-refractivity contribution < 1.29 is 4.79 Å². The Hall–Kier alpha value is -1.39. The van der Waals surface area contributed by atoms with E-state index in [-0.39, 0.29) is 5.91 Å². The van der Waals surface area contributed by atoms with Crippen molar-refractivity contribution in [1.29, 1.82) is 0 Å². The molecule has 2 N–H and O–H groups in total. The fourth-order valence-corrected chi connectivity index (χ4v) is 4.24. The van der Waals surface area contributed by atoms with Crippen molar-refractivity contribution in [2.75, 3.05) is 11.4 Å². The lowest BCUT2D eigenvalue weighted by Gasteiger charge is -2.23. The van der Waals surface area contributed by atoms with E-state index in [1.165, 1.54) is 31.2 Å². The lowest BCUT2D eigenvalue weighted by atomic mass is 9.92. The molecule has 118 valence electrons. The number of amides is 1. The third-order valence-electron chi connectivity index (χ3n) is 5.53. The predicted molar refractivity (Wildman–Crippen MR) is 87.7 cm³/mol. The number of nitrogens with one attached hydrogen (secondary N) is 2. The molecule has 3 unspecified atom stereocenters. The predicted octanol–water partition coefficient (Wildman–Crippen LogP) is 2.18. The molecule has 0 radical (unpaired) electrons. The fourth-order valence-electron chi connectivity index (χ4n) is 4.24. The second-order valence-corrected chi connectivity index (χ2v) is 7.11. The largest absolute Gasteiger partial charge is 0.312 e. The molecule has 2 heterocycles. The molecular formula is C18H25N3O. The first kappa shape index (κ1) is 14.2. The zero-order valence-electron chi connectivity index (χ0n) is 13.2. The molecule has 4 rings (SSSR count). The normalized spacial score (nSPS) is 35.0. The average molecular weight is 299 g/mol. The van der Waals surface area contributed by atoms with Crippen LogP contribution in [0.3, 0.4) is 0 Å².